The van der Waals surface area contributed by atoms with Crippen LogP contribution in [-0.2, 0) is 26.0 Å². The molecule has 6 aromatic carbocycles. The predicted molar refractivity (Wildman–Crippen MR) is 190 cm³/mol. The van der Waals surface area contributed by atoms with Crippen molar-refractivity contribution in [3.05, 3.63) is 182 Å². The van der Waals surface area contributed by atoms with Gasteiger partial charge in [0.1, 0.15) is 0 Å². The van der Waals surface area contributed by atoms with Gasteiger partial charge in [-0.1, -0.05) is 182 Å². The molecule has 3 nitrogen and oxygen atoms in total. The molecule has 0 heterocycles. The predicted octanol–water partition coefficient (Wildman–Crippen LogP) is 7.09. The molecule has 6 heteroatoms. The SMILES string of the molecule is CC(C)(O)OO.[Pt].c1ccc(P(c2ccccc2)c2ccccc2)cc1.c1ccc(P(c2ccccc2)c2ccccc2)cc1. The molecular weight excluding hydrogens is 773 g/mol. The fourth-order valence-electron chi connectivity index (χ4n) is 4.36. The number of hydrogen-bond acceptors (Lipinski definition) is 3. The summed E-state index contributed by atoms with van der Waals surface area (Å²) >= 11 is 0. The van der Waals surface area contributed by atoms with Gasteiger partial charge in [0.15, 0.2) is 5.79 Å². The molecule has 0 saturated carbocycles. The van der Waals surface area contributed by atoms with Gasteiger partial charge < -0.3 is 5.11 Å². The van der Waals surface area contributed by atoms with Crippen LogP contribution in [0.3, 0.4) is 0 Å². The van der Waals surface area contributed by atoms with E-state index in [1.807, 2.05) is 0 Å². The van der Waals surface area contributed by atoms with Crippen molar-refractivity contribution < 1.29 is 36.3 Å². The minimum Gasteiger partial charge on any atom is -0.364 e. The van der Waals surface area contributed by atoms with Gasteiger partial charge >= 0.3 is 0 Å². The zero-order valence-electron chi connectivity index (χ0n) is 25.3. The molecule has 0 aliphatic carbocycles. The third-order valence-electron chi connectivity index (χ3n) is 6.31. The molecule has 45 heavy (non-hydrogen) atoms. The Bertz CT molecular complexity index is 1300. The van der Waals surface area contributed by atoms with Gasteiger partial charge in [-0.2, -0.15) is 0 Å². The molecule has 0 radical (unpaired) electrons. The smallest absolute Gasteiger partial charge is 0.193 e. The van der Waals surface area contributed by atoms with Crippen molar-refractivity contribution in [1.29, 1.82) is 0 Å². The second-order valence-corrected chi connectivity index (χ2v) is 14.7. The first kappa shape index (κ1) is 36.2. The Morgan fingerprint density at radius 2 is 0.511 bits per heavy atom. The van der Waals surface area contributed by atoms with Crippen LogP contribution in [0.1, 0.15) is 13.8 Å². The van der Waals surface area contributed by atoms with Gasteiger partial charge in [0.2, 0.25) is 0 Å². The van der Waals surface area contributed by atoms with Crippen molar-refractivity contribution in [2.24, 2.45) is 0 Å². The maximum Gasteiger partial charge on any atom is 0.193 e. The van der Waals surface area contributed by atoms with E-state index in [0.29, 0.717) is 0 Å². The van der Waals surface area contributed by atoms with Crippen molar-refractivity contribution in [3.8, 4) is 0 Å². The third kappa shape index (κ3) is 11.9. The number of hydrogen-bond donors (Lipinski definition) is 2. The van der Waals surface area contributed by atoms with Crippen LogP contribution in [0.5, 0.6) is 0 Å². The second-order valence-electron chi connectivity index (χ2n) is 10.2. The molecule has 0 fully saturated rings. The number of aliphatic hydroxyl groups is 1. The van der Waals surface area contributed by atoms with Crippen LogP contribution < -0.4 is 31.8 Å². The van der Waals surface area contributed by atoms with Crippen LogP contribution in [0, 0.1) is 0 Å². The van der Waals surface area contributed by atoms with Gasteiger partial charge in [-0.05, 0) is 61.5 Å². The summed E-state index contributed by atoms with van der Waals surface area (Å²) in [7, 11) is -0.892. The largest absolute Gasteiger partial charge is 0.364 e. The molecule has 0 amide bonds. The molecule has 0 aromatic heterocycles. The van der Waals surface area contributed by atoms with Crippen molar-refractivity contribution in [1.82, 2.24) is 0 Å². The van der Waals surface area contributed by atoms with E-state index in [1.165, 1.54) is 45.7 Å². The molecular formula is C39H38O3P2Pt. The summed E-state index contributed by atoms with van der Waals surface area (Å²) in [5.41, 5.74) is 0. The first-order valence-corrected chi connectivity index (χ1v) is 17.1. The van der Waals surface area contributed by atoms with Crippen LogP contribution in [0.15, 0.2) is 182 Å². The van der Waals surface area contributed by atoms with Crippen LogP contribution in [-0.4, -0.2) is 16.2 Å². The standard InChI is InChI=1S/2C18H15P.C3H8O3.Pt/c2*1-4-10-16(11-5-1)19(17-12-6-2-7-13-17)18-14-8-3-9-15-18;1-3(2,4)6-5;/h2*1-15H;4-5H,1-2H3;. The molecule has 0 spiro atoms. The van der Waals surface area contributed by atoms with Crippen molar-refractivity contribution in [2.45, 2.75) is 19.6 Å². The Labute approximate surface area is 284 Å². The molecule has 0 bridgehead atoms. The summed E-state index contributed by atoms with van der Waals surface area (Å²) < 4.78 is 0. The van der Waals surface area contributed by atoms with E-state index < -0.39 is 21.6 Å². The Kier molecular flexibility index (Phi) is 15.5. The van der Waals surface area contributed by atoms with Gasteiger partial charge in [-0.25, -0.2) is 10.1 Å². The van der Waals surface area contributed by atoms with Crippen molar-refractivity contribution >= 4 is 47.7 Å². The zero-order chi connectivity index (χ0) is 31.0. The Morgan fingerprint density at radius 1 is 0.378 bits per heavy atom. The fourth-order valence-corrected chi connectivity index (χ4v) is 8.97. The molecule has 0 aliphatic heterocycles. The summed E-state index contributed by atoms with van der Waals surface area (Å²) in [6.45, 7) is 2.65. The summed E-state index contributed by atoms with van der Waals surface area (Å²) in [6.07, 6.45) is 0. The monoisotopic (exact) mass is 811 g/mol. The van der Waals surface area contributed by atoms with E-state index in [1.54, 1.807) is 0 Å². The Balaban J connectivity index is 0.000000205. The van der Waals surface area contributed by atoms with Gasteiger partial charge in [-0.15, -0.1) is 0 Å². The van der Waals surface area contributed by atoms with Gasteiger partial charge in [0.25, 0.3) is 0 Å². The maximum atomic E-state index is 8.35. The van der Waals surface area contributed by atoms with E-state index in [4.69, 9.17) is 10.4 Å². The number of benzene rings is 6. The van der Waals surface area contributed by atoms with E-state index in [-0.39, 0.29) is 21.1 Å². The molecule has 0 saturated heterocycles. The van der Waals surface area contributed by atoms with Gasteiger partial charge in [0, 0.05) is 21.1 Å². The van der Waals surface area contributed by atoms with E-state index in [0.717, 1.165) is 0 Å². The molecule has 232 valence electrons. The Hall–Kier alpha value is -3.25. The van der Waals surface area contributed by atoms with Gasteiger partial charge in [-0.3, -0.25) is 0 Å². The van der Waals surface area contributed by atoms with E-state index in [2.05, 4.69) is 187 Å². The summed E-state index contributed by atoms with van der Waals surface area (Å²) in [4.78, 5) is 3.49. The quantitative estimate of drug-likeness (QED) is 0.0785. The Morgan fingerprint density at radius 3 is 0.622 bits per heavy atom. The first-order valence-electron chi connectivity index (χ1n) is 14.4. The normalized spacial score (nSPS) is 10.5. The molecule has 0 aliphatic rings. The summed E-state index contributed by atoms with van der Waals surface area (Å²) in [6, 6.07) is 64.7. The summed E-state index contributed by atoms with van der Waals surface area (Å²) in [5, 5.41) is 24.4. The molecule has 6 rings (SSSR count). The topological polar surface area (TPSA) is 49.7 Å². The third-order valence-corrected chi connectivity index (χ3v) is 11.2. The van der Waals surface area contributed by atoms with Crippen molar-refractivity contribution in [3.63, 3.8) is 0 Å². The minimum atomic E-state index is -1.40. The van der Waals surface area contributed by atoms with Crippen molar-refractivity contribution in [2.75, 3.05) is 0 Å². The molecule has 2 N–H and O–H groups in total. The zero-order valence-corrected chi connectivity index (χ0v) is 29.4. The molecule has 0 unspecified atom stereocenters. The number of rotatable bonds is 7. The first-order chi connectivity index (χ1) is 21.5. The minimum absolute atomic E-state index is 0. The van der Waals surface area contributed by atoms with Crippen LogP contribution in [0.25, 0.3) is 0 Å². The molecule has 6 aromatic rings. The molecule has 0 atom stereocenters. The van der Waals surface area contributed by atoms with E-state index in [9.17, 15) is 0 Å². The van der Waals surface area contributed by atoms with Crippen LogP contribution in [0.2, 0.25) is 0 Å². The van der Waals surface area contributed by atoms with Crippen LogP contribution in [0.4, 0.5) is 0 Å². The average Bonchev–Trinajstić information content (AvgIpc) is 3.08. The summed E-state index contributed by atoms with van der Waals surface area (Å²) in [5.74, 6) is -1.40. The van der Waals surface area contributed by atoms with Crippen LogP contribution >= 0.6 is 15.8 Å². The maximum absolute atomic E-state index is 8.35. The average molecular weight is 812 g/mol. The fraction of sp³-hybridized carbons (Fsp3) is 0.0769. The second kappa shape index (κ2) is 19.3. The van der Waals surface area contributed by atoms with E-state index >= 15 is 0 Å². The van der Waals surface area contributed by atoms with Gasteiger partial charge in [0.05, 0.1) is 0 Å².